The van der Waals surface area contributed by atoms with E-state index in [1.54, 1.807) is 4.90 Å². The minimum absolute atomic E-state index is 0.146. The summed E-state index contributed by atoms with van der Waals surface area (Å²) in [4.78, 5) is 63.8. The van der Waals surface area contributed by atoms with Crippen molar-refractivity contribution in [2.45, 2.75) is 169 Å². The van der Waals surface area contributed by atoms with Gasteiger partial charge in [-0.3, -0.25) is 24.1 Å². The van der Waals surface area contributed by atoms with Gasteiger partial charge < -0.3 is 4.74 Å². The molecule has 0 saturated heterocycles. The van der Waals surface area contributed by atoms with E-state index in [0.717, 1.165) is 117 Å². The molecule has 3 heterocycles. The van der Waals surface area contributed by atoms with Gasteiger partial charge in [0, 0.05) is 61.2 Å². The molecule has 0 bridgehead atoms. The molecule has 0 N–H and O–H groups in total. The quantitative estimate of drug-likeness (QED) is 0.0442. The molecule has 3 aliphatic rings. The van der Waals surface area contributed by atoms with Gasteiger partial charge in [0.1, 0.15) is 5.75 Å². The lowest BCUT2D eigenvalue weighted by Gasteiger charge is -2.40. The maximum atomic E-state index is 15.6. The SMILES string of the molecule is CCCCCCCC(CCCCCCC)N1C(=O)c2ccc3c4ccc5c6c(ccc(c7ccc(c2c37)C1=O)c64)C(=O)N(c1cc(C(C)(C)C)cc2c1Oc1c(-c3ccccc3)cc(C(C)(C)C)cc1C2(C)C)C5=O. The lowest BCUT2D eigenvalue weighted by molar-refractivity contribution is 0.0516. The van der Waals surface area contributed by atoms with Crippen LogP contribution in [0.15, 0.2) is 103 Å². The maximum absolute atomic E-state index is 15.6. The molecule has 0 aliphatic carbocycles. The van der Waals surface area contributed by atoms with Crippen LogP contribution in [0.2, 0.25) is 0 Å². The Kier molecular flexibility index (Phi) is 12.6. The highest BCUT2D eigenvalue weighted by Crippen LogP contribution is 2.57. The van der Waals surface area contributed by atoms with Gasteiger partial charge in [0.25, 0.3) is 23.6 Å². The molecule has 0 saturated carbocycles. The van der Waals surface area contributed by atoms with E-state index in [2.05, 4.69) is 99.6 Å². The number of rotatable bonds is 15. The number of ether oxygens (including phenoxy) is 1. The van der Waals surface area contributed by atoms with E-state index in [0.29, 0.717) is 44.5 Å². The number of amides is 4. The number of fused-ring (bicyclic) bond motifs is 4. The molecule has 75 heavy (non-hydrogen) atoms. The Morgan fingerprint density at radius 1 is 0.467 bits per heavy atom. The van der Waals surface area contributed by atoms with Gasteiger partial charge in [0.2, 0.25) is 0 Å². The van der Waals surface area contributed by atoms with Crippen molar-refractivity contribution in [1.29, 1.82) is 0 Å². The highest BCUT2D eigenvalue weighted by molar-refractivity contribution is 6.44. The predicted molar refractivity (Wildman–Crippen MR) is 308 cm³/mol. The average molecular weight is 997 g/mol. The summed E-state index contributed by atoms with van der Waals surface area (Å²) in [7, 11) is 0. The monoisotopic (exact) mass is 997 g/mol. The van der Waals surface area contributed by atoms with E-state index in [9.17, 15) is 9.59 Å². The average Bonchev–Trinajstić information content (AvgIpc) is 3.38. The van der Waals surface area contributed by atoms with E-state index in [1.165, 1.54) is 36.1 Å². The Morgan fingerprint density at radius 2 is 0.893 bits per heavy atom. The van der Waals surface area contributed by atoms with Crippen LogP contribution in [0.1, 0.15) is 210 Å². The summed E-state index contributed by atoms with van der Waals surface area (Å²) in [5.74, 6) is -0.0391. The van der Waals surface area contributed by atoms with Gasteiger partial charge >= 0.3 is 0 Å². The van der Waals surface area contributed by atoms with Crippen LogP contribution < -0.4 is 9.64 Å². The molecule has 7 nitrogen and oxygen atoms in total. The second kappa shape index (κ2) is 18.8. The zero-order valence-electron chi connectivity index (χ0n) is 45.8. The largest absolute Gasteiger partial charge is 0.454 e. The van der Waals surface area contributed by atoms with E-state index >= 15 is 9.59 Å². The third-order valence-electron chi connectivity index (χ3n) is 17.1. The minimum atomic E-state index is -0.587. The highest BCUT2D eigenvalue weighted by Gasteiger charge is 2.45. The summed E-state index contributed by atoms with van der Waals surface area (Å²) < 4.78 is 7.24. The van der Waals surface area contributed by atoms with Crippen LogP contribution >= 0.6 is 0 Å². The molecule has 0 fully saturated rings. The Bertz CT molecular complexity index is 3510. The normalized spacial score (nSPS) is 15.3. The first kappa shape index (κ1) is 50.3. The molecule has 0 spiro atoms. The van der Waals surface area contributed by atoms with Crippen LogP contribution in [0.4, 0.5) is 5.69 Å². The number of nitrogens with zero attached hydrogens (tertiary/aromatic N) is 2. The van der Waals surface area contributed by atoms with E-state index < -0.39 is 17.2 Å². The number of hydrogen-bond acceptors (Lipinski definition) is 5. The van der Waals surface area contributed by atoms with E-state index in [1.807, 2.05) is 72.8 Å². The summed E-state index contributed by atoms with van der Waals surface area (Å²) >= 11 is 0. The smallest absolute Gasteiger partial charge is 0.266 e. The summed E-state index contributed by atoms with van der Waals surface area (Å²) in [6.07, 6.45) is 12.9. The predicted octanol–water partition coefficient (Wildman–Crippen LogP) is 17.9. The molecule has 8 aromatic rings. The van der Waals surface area contributed by atoms with Crippen molar-refractivity contribution in [1.82, 2.24) is 4.90 Å². The maximum Gasteiger partial charge on any atom is 0.266 e. The number of imide groups is 2. The molecule has 4 amide bonds. The zero-order chi connectivity index (χ0) is 52.9. The second-order valence-electron chi connectivity index (χ2n) is 24.5. The third-order valence-corrected chi connectivity index (χ3v) is 17.1. The molecule has 8 aromatic carbocycles. The van der Waals surface area contributed by atoms with E-state index in [4.69, 9.17) is 4.74 Å². The van der Waals surface area contributed by atoms with Crippen LogP contribution in [0, 0.1) is 0 Å². The molecular formula is C68H72N2O5. The lowest BCUT2D eigenvalue weighted by Crippen LogP contribution is -2.47. The first-order valence-corrected chi connectivity index (χ1v) is 27.9. The fourth-order valence-electron chi connectivity index (χ4n) is 12.7. The molecular weight excluding hydrogens is 925 g/mol. The minimum Gasteiger partial charge on any atom is -0.454 e. The van der Waals surface area contributed by atoms with Crippen LogP contribution in [-0.4, -0.2) is 34.6 Å². The van der Waals surface area contributed by atoms with Gasteiger partial charge in [0.05, 0.1) is 5.69 Å². The number of hydrogen-bond donors (Lipinski definition) is 0. The van der Waals surface area contributed by atoms with Crippen molar-refractivity contribution < 1.29 is 23.9 Å². The Balaban J connectivity index is 1.03. The Morgan fingerprint density at radius 3 is 1.35 bits per heavy atom. The second-order valence-corrected chi connectivity index (χ2v) is 24.5. The molecule has 0 radical (unpaired) electrons. The number of anilines is 1. The summed E-state index contributed by atoms with van der Waals surface area (Å²) in [6, 6.07) is 34.4. The molecule has 11 rings (SSSR count). The first-order chi connectivity index (χ1) is 35.9. The summed E-state index contributed by atoms with van der Waals surface area (Å²) in [5.41, 5.74) is 7.45. The first-order valence-electron chi connectivity index (χ1n) is 27.9. The van der Waals surface area contributed by atoms with Gasteiger partial charge in [-0.15, -0.1) is 0 Å². The molecule has 3 aliphatic heterocycles. The van der Waals surface area contributed by atoms with Crippen LogP contribution in [0.5, 0.6) is 11.5 Å². The van der Waals surface area contributed by atoms with Crippen LogP contribution in [-0.2, 0) is 16.2 Å². The third kappa shape index (κ3) is 8.13. The number of carbonyl (C=O) groups excluding carboxylic acids is 4. The summed E-state index contributed by atoms with van der Waals surface area (Å²) in [6.45, 7) is 22.0. The van der Waals surface area contributed by atoms with Crippen molar-refractivity contribution in [3.8, 4) is 22.6 Å². The van der Waals surface area contributed by atoms with Gasteiger partial charge in [0.15, 0.2) is 5.75 Å². The van der Waals surface area contributed by atoms with Gasteiger partial charge in [-0.2, -0.15) is 0 Å². The fraction of sp³-hybridized carbons (Fsp3) is 0.382. The molecule has 384 valence electrons. The molecule has 0 aromatic heterocycles. The van der Waals surface area contributed by atoms with Gasteiger partial charge in [-0.25, -0.2) is 4.90 Å². The zero-order valence-corrected chi connectivity index (χ0v) is 45.8. The van der Waals surface area contributed by atoms with Crippen molar-refractivity contribution in [2.24, 2.45) is 0 Å². The van der Waals surface area contributed by atoms with Crippen molar-refractivity contribution in [3.05, 3.63) is 148 Å². The van der Waals surface area contributed by atoms with Crippen molar-refractivity contribution >= 4 is 72.4 Å². The van der Waals surface area contributed by atoms with Gasteiger partial charge in [-0.1, -0.05) is 200 Å². The Labute approximate surface area is 443 Å². The number of unbranched alkanes of at least 4 members (excludes halogenated alkanes) is 8. The van der Waals surface area contributed by atoms with Crippen molar-refractivity contribution in [3.63, 3.8) is 0 Å². The standard InChI is InChI=1S/C68H72N2O5/c1-11-13-15-17-22-26-43(27-23-18-16-14-12-2)69-62(71)48-32-28-44-46-30-34-50-59-51(35-31-47(57(46)59)45-29-33-49(63(69)72)58(48)56(44)45)65(74)70(64(50)73)55-39-42(67(6,7)8)38-54-61(55)75-60-52(40-24-20-19-21-25-40)36-41(66(3,4)5)37-53(60)68(54,9)10/h19-21,24-25,28-39,43H,11-18,22-23,26-27H2,1-10H3. The highest BCUT2D eigenvalue weighted by atomic mass is 16.5. The molecule has 0 unspecified atom stereocenters. The van der Waals surface area contributed by atoms with Crippen LogP contribution in [0.25, 0.3) is 54.2 Å². The van der Waals surface area contributed by atoms with E-state index in [-0.39, 0.29) is 28.7 Å². The lowest BCUT2D eigenvalue weighted by atomic mass is 9.70. The van der Waals surface area contributed by atoms with Crippen molar-refractivity contribution in [2.75, 3.05) is 4.90 Å². The van der Waals surface area contributed by atoms with Crippen LogP contribution in [0.3, 0.4) is 0 Å². The van der Waals surface area contributed by atoms with Gasteiger partial charge in [-0.05, 0) is 109 Å². The Hall–Kier alpha value is -6.86. The number of benzene rings is 8. The topological polar surface area (TPSA) is 84.0 Å². The fourth-order valence-corrected chi connectivity index (χ4v) is 12.7. The summed E-state index contributed by atoms with van der Waals surface area (Å²) in [5, 5.41) is 6.49. The number of carbonyl (C=O) groups is 4. The molecule has 7 heteroatoms. The molecule has 0 atom stereocenters.